The number of ether oxygens (including phenoxy) is 1. The number of rotatable bonds is 6. The molecule has 1 aromatic carbocycles. The first kappa shape index (κ1) is 20.3. The number of fused-ring (bicyclic) bond motifs is 1. The summed E-state index contributed by atoms with van der Waals surface area (Å²) in [4.78, 5) is 32.0. The SMILES string of the molecule is Cc1ccc(OCC(=O)Nc2nc3c(s2)CN(C(=O)CC(C)C)CC3)cc1C. The van der Waals surface area contributed by atoms with Crippen molar-refractivity contribution in [2.24, 2.45) is 5.92 Å². The van der Waals surface area contributed by atoms with Crippen molar-refractivity contribution in [2.75, 3.05) is 18.5 Å². The van der Waals surface area contributed by atoms with Gasteiger partial charge in [-0.15, -0.1) is 0 Å². The van der Waals surface area contributed by atoms with Crippen molar-refractivity contribution in [2.45, 2.75) is 47.1 Å². The first-order chi connectivity index (χ1) is 13.3. The fourth-order valence-corrected chi connectivity index (χ4v) is 4.09. The van der Waals surface area contributed by atoms with Crippen LogP contribution in [0.25, 0.3) is 0 Å². The molecule has 150 valence electrons. The van der Waals surface area contributed by atoms with Crippen LogP contribution in [0.5, 0.6) is 5.75 Å². The molecule has 0 unspecified atom stereocenters. The third kappa shape index (κ3) is 5.10. The van der Waals surface area contributed by atoms with Crippen LogP contribution >= 0.6 is 11.3 Å². The molecule has 7 heteroatoms. The highest BCUT2D eigenvalue weighted by molar-refractivity contribution is 7.15. The summed E-state index contributed by atoms with van der Waals surface area (Å²) in [6, 6.07) is 5.76. The van der Waals surface area contributed by atoms with E-state index in [0.717, 1.165) is 22.6 Å². The highest BCUT2D eigenvalue weighted by atomic mass is 32.1. The normalized spacial score (nSPS) is 13.4. The van der Waals surface area contributed by atoms with Crippen LogP contribution < -0.4 is 10.1 Å². The Balaban J connectivity index is 1.54. The zero-order valence-electron chi connectivity index (χ0n) is 16.9. The van der Waals surface area contributed by atoms with E-state index in [4.69, 9.17) is 4.74 Å². The lowest BCUT2D eigenvalue weighted by Crippen LogP contribution is -2.36. The van der Waals surface area contributed by atoms with Crippen LogP contribution in [0.3, 0.4) is 0 Å². The van der Waals surface area contributed by atoms with Crippen LogP contribution in [0.2, 0.25) is 0 Å². The van der Waals surface area contributed by atoms with E-state index in [1.807, 2.05) is 50.8 Å². The average molecular weight is 402 g/mol. The van der Waals surface area contributed by atoms with Crippen LogP contribution in [0.4, 0.5) is 5.13 Å². The molecule has 0 aliphatic carbocycles. The molecular weight excluding hydrogens is 374 g/mol. The number of nitrogens with one attached hydrogen (secondary N) is 1. The molecule has 0 bridgehead atoms. The van der Waals surface area contributed by atoms with E-state index in [9.17, 15) is 9.59 Å². The van der Waals surface area contributed by atoms with Gasteiger partial charge in [0, 0.05) is 24.3 Å². The van der Waals surface area contributed by atoms with Gasteiger partial charge < -0.3 is 9.64 Å². The van der Waals surface area contributed by atoms with Crippen LogP contribution in [0.1, 0.15) is 42.0 Å². The van der Waals surface area contributed by atoms with Gasteiger partial charge in [0.25, 0.3) is 5.91 Å². The minimum atomic E-state index is -0.239. The summed E-state index contributed by atoms with van der Waals surface area (Å²) >= 11 is 1.44. The first-order valence-corrected chi connectivity index (χ1v) is 10.4. The van der Waals surface area contributed by atoms with Gasteiger partial charge in [-0.25, -0.2) is 4.98 Å². The molecule has 6 nitrogen and oxygen atoms in total. The largest absolute Gasteiger partial charge is 0.484 e. The molecule has 2 amide bonds. The van der Waals surface area contributed by atoms with Crippen LogP contribution in [0.15, 0.2) is 18.2 Å². The first-order valence-electron chi connectivity index (χ1n) is 9.58. The molecule has 1 aliphatic heterocycles. The molecule has 2 heterocycles. The zero-order chi connectivity index (χ0) is 20.3. The van der Waals surface area contributed by atoms with E-state index in [-0.39, 0.29) is 18.4 Å². The number of thiazole rings is 1. The quantitative estimate of drug-likeness (QED) is 0.801. The fourth-order valence-electron chi connectivity index (χ4n) is 3.05. The summed E-state index contributed by atoms with van der Waals surface area (Å²) in [5.41, 5.74) is 3.29. The standard InChI is InChI=1S/C21H27N3O3S/c1-13(2)9-20(26)24-8-7-17-18(11-24)28-21(22-17)23-19(25)12-27-16-6-5-14(3)15(4)10-16/h5-6,10,13H,7-9,11-12H2,1-4H3,(H,22,23,25). The van der Waals surface area contributed by atoms with E-state index in [2.05, 4.69) is 10.3 Å². The van der Waals surface area contributed by atoms with Gasteiger partial charge in [-0.2, -0.15) is 0 Å². The number of hydrogen-bond acceptors (Lipinski definition) is 5. The van der Waals surface area contributed by atoms with E-state index >= 15 is 0 Å². The summed E-state index contributed by atoms with van der Waals surface area (Å²) in [6.07, 6.45) is 1.29. The fraction of sp³-hybridized carbons (Fsp3) is 0.476. The van der Waals surface area contributed by atoms with Crippen molar-refractivity contribution < 1.29 is 14.3 Å². The smallest absolute Gasteiger partial charge is 0.264 e. The zero-order valence-corrected chi connectivity index (χ0v) is 17.7. The maximum atomic E-state index is 12.3. The van der Waals surface area contributed by atoms with Crippen molar-refractivity contribution in [3.63, 3.8) is 0 Å². The number of nitrogens with zero attached hydrogens (tertiary/aromatic N) is 2. The number of carbonyl (C=O) groups excluding carboxylic acids is 2. The van der Waals surface area contributed by atoms with Crippen molar-refractivity contribution in [1.82, 2.24) is 9.88 Å². The molecule has 28 heavy (non-hydrogen) atoms. The van der Waals surface area contributed by atoms with Crippen LogP contribution in [-0.2, 0) is 22.6 Å². The number of aromatic nitrogens is 1. The summed E-state index contributed by atoms with van der Waals surface area (Å²) in [7, 11) is 0. The molecule has 3 rings (SSSR count). The van der Waals surface area contributed by atoms with Crippen molar-refractivity contribution in [1.29, 1.82) is 0 Å². The molecule has 1 aliphatic rings. The lowest BCUT2D eigenvalue weighted by atomic mass is 10.1. The highest BCUT2D eigenvalue weighted by Crippen LogP contribution is 2.29. The predicted octanol–water partition coefficient (Wildman–Crippen LogP) is 3.71. The maximum absolute atomic E-state index is 12.3. The topological polar surface area (TPSA) is 71.5 Å². The van der Waals surface area contributed by atoms with Gasteiger partial charge in [-0.05, 0) is 43.0 Å². The molecule has 0 saturated heterocycles. The lowest BCUT2D eigenvalue weighted by Gasteiger charge is -2.26. The monoisotopic (exact) mass is 401 g/mol. The Hall–Kier alpha value is -2.41. The minimum absolute atomic E-state index is 0.0637. The molecule has 0 spiro atoms. The van der Waals surface area contributed by atoms with Gasteiger partial charge in [0.1, 0.15) is 5.75 Å². The van der Waals surface area contributed by atoms with E-state index in [0.29, 0.717) is 36.3 Å². The third-order valence-corrected chi connectivity index (χ3v) is 5.76. The van der Waals surface area contributed by atoms with Gasteiger partial charge in [0.2, 0.25) is 5.91 Å². The number of anilines is 1. The molecule has 0 saturated carbocycles. The third-order valence-electron chi connectivity index (χ3n) is 4.76. The van der Waals surface area contributed by atoms with Crippen molar-refractivity contribution in [3.8, 4) is 5.75 Å². The van der Waals surface area contributed by atoms with Gasteiger partial charge in [0.05, 0.1) is 12.2 Å². The van der Waals surface area contributed by atoms with E-state index < -0.39 is 0 Å². The number of carbonyl (C=O) groups is 2. The second-order valence-electron chi connectivity index (χ2n) is 7.64. The Morgan fingerprint density at radius 1 is 1.29 bits per heavy atom. The molecule has 1 N–H and O–H groups in total. The number of aryl methyl sites for hydroxylation is 2. The molecule has 0 radical (unpaired) electrons. The molecule has 0 atom stereocenters. The summed E-state index contributed by atoms with van der Waals surface area (Å²) < 4.78 is 5.58. The predicted molar refractivity (Wildman–Crippen MR) is 111 cm³/mol. The number of amides is 2. The lowest BCUT2D eigenvalue weighted by molar-refractivity contribution is -0.132. The second-order valence-corrected chi connectivity index (χ2v) is 8.72. The summed E-state index contributed by atoms with van der Waals surface area (Å²) in [5.74, 6) is 0.969. The molecule has 1 aromatic heterocycles. The Kier molecular flexibility index (Phi) is 6.34. The second kappa shape index (κ2) is 8.73. The average Bonchev–Trinajstić information content (AvgIpc) is 3.03. The molecule has 0 fully saturated rings. The van der Waals surface area contributed by atoms with Crippen LogP contribution in [-0.4, -0.2) is 34.8 Å². The number of hydrogen-bond donors (Lipinski definition) is 1. The van der Waals surface area contributed by atoms with E-state index in [1.54, 1.807) is 0 Å². The van der Waals surface area contributed by atoms with Gasteiger partial charge in [0.15, 0.2) is 11.7 Å². The van der Waals surface area contributed by atoms with Gasteiger partial charge >= 0.3 is 0 Å². The Morgan fingerprint density at radius 2 is 2.07 bits per heavy atom. The Labute approximate surface area is 169 Å². The highest BCUT2D eigenvalue weighted by Gasteiger charge is 2.24. The van der Waals surface area contributed by atoms with E-state index in [1.165, 1.54) is 16.9 Å². The molecular formula is C21H27N3O3S. The maximum Gasteiger partial charge on any atom is 0.264 e. The minimum Gasteiger partial charge on any atom is -0.484 e. The Bertz CT molecular complexity index is 876. The Morgan fingerprint density at radius 3 is 2.79 bits per heavy atom. The van der Waals surface area contributed by atoms with Gasteiger partial charge in [-0.3, -0.25) is 14.9 Å². The van der Waals surface area contributed by atoms with Crippen molar-refractivity contribution in [3.05, 3.63) is 39.9 Å². The summed E-state index contributed by atoms with van der Waals surface area (Å²) in [5, 5.41) is 3.38. The summed E-state index contributed by atoms with van der Waals surface area (Å²) in [6.45, 7) is 9.34. The number of benzene rings is 1. The van der Waals surface area contributed by atoms with Crippen molar-refractivity contribution >= 4 is 28.3 Å². The molecule has 2 aromatic rings. The van der Waals surface area contributed by atoms with Gasteiger partial charge in [-0.1, -0.05) is 31.3 Å². The van der Waals surface area contributed by atoms with Crippen LogP contribution in [0, 0.1) is 19.8 Å².